The van der Waals surface area contributed by atoms with Crippen molar-refractivity contribution >= 4 is 34.5 Å². The lowest BCUT2D eigenvalue weighted by atomic mass is 9.90. The van der Waals surface area contributed by atoms with Gasteiger partial charge in [-0.1, -0.05) is 42.1 Å². The minimum absolute atomic E-state index is 0.0130. The van der Waals surface area contributed by atoms with Crippen molar-refractivity contribution in [3.05, 3.63) is 76.3 Å². The van der Waals surface area contributed by atoms with Gasteiger partial charge in [0.25, 0.3) is 0 Å². The van der Waals surface area contributed by atoms with Gasteiger partial charge in [-0.25, -0.2) is 9.79 Å². The molecule has 9 heteroatoms. The summed E-state index contributed by atoms with van der Waals surface area (Å²) in [6.07, 6.45) is 0.180. The number of hydrogen-bond acceptors (Lipinski definition) is 8. The van der Waals surface area contributed by atoms with Crippen LogP contribution in [0.15, 0.2) is 70.2 Å². The van der Waals surface area contributed by atoms with Gasteiger partial charge in [0.15, 0.2) is 5.17 Å². The first kappa shape index (κ1) is 27.3. The molecule has 200 valence electrons. The second-order valence-electron chi connectivity index (χ2n) is 8.59. The Hall–Kier alpha value is -3.72. The minimum Gasteiger partial charge on any atom is -0.497 e. The average Bonchev–Trinajstić information content (AvgIpc) is 3.35. The molecule has 38 heavy (non-hydrogen) atoms. The van der Waals surface area contributed by atoms with Gasteiger partial charge >= 0.3 is 5.97 Å². The summed E-state index contributed by atoms with van der Waals surface area (Å²) in [5.74, 6) is 0.724. The van der Waals surface area contributed by atoms with Crippen molar-refractivity contribution in [3.8, 4) is 11.5 Å². The number of hydrogen-bond donors (Lipinski definition) is 0. The molecule has 1 amide bonds. The molecule has 0 saturated carbocycles. The number of fused-ring (bicyclic) bond motifs is 1. The van der Waals surface area contributed by atoms with Crippen LogP contribution in [0, 0.1) is 0 Å². The SMILES string of the molecule is CCOC(=O)C1=C(c2ccccc2)N=C2SC=C(CC(=O)N(CC)CC)N2C1c1ccc(OC)cc1OC. The lowest BCUT2D eigenvalue weighted by Crippen LogP contribution is -2.39. The largest absolute Gasteiger partial charge is 0.497 e. The Labute approximate surface area is 228 Å². The van der Waals surface area contributed by atoms with Crippen LogP contribution < -0.4 is 9.47 Å². The summed E-state index contributed by atoms with van der Waals surface area (Å²) in [6, 6.07) is 14.5. The van der Waals surface area contributed by atoms with Gasteiger partial charge in [-0.3, -0.25) is 4.79 Å². The molecule has 2 aliphatic heterocycles. The number of thioether (sulfide) groups is 1. The lowest BCUT2D eigenvalue weighted by molar-refractivity contribution is -0.139. The monoisotopic (exact) mass is 535 g/mol. The number of carbonyl (C=O) groups excluding carboxylic acids is 2. The Morgan fingerprint density at radius 3 is 2.39 bits per heavy atom. The molecule has 2 aliphatic rings. The maximum absolute atomic E-state index is 13.7. The Bertz CT molecular complexity index is 1280. The predicted octanol–water partition coefficient (Wildman–Crippen LogP) is 5.24. The van der Waals surface area contributed by atoms with E-state index >= 15 is 0 Å². The van der Waals surface area contributed by atoms with Gasteiger partial charge in [0.1, 0.15) is 11.5 Å². The van der Waals surface area contributed by atoms with Gasteiger partial charge in [-0.2, -0.15) is 0 Å². The summed E-state index contributed by atoms with van der Waals surface area (Å²) in [6.45, 7) is 7.17. The fraction of sp³-hybridized carbons (Fsp3) is 0.345. The van der Waals surface area contributed by atoms with Crippen LogP contribution in [-0.4, -0.2) is 60.8 Å². The van der Waals surface area contributed by atoms with Crippen LogP contribution >= 0.6 is 11.8 Å². The number of carbonyl (C=O) groups is 2. The van der Waals surface area contributed by atoms with Crippen LogP contribution in [0.3, 0.4) is 0 Å². The zero-order valence-corrected chi connectivity index (χ0v) is 23.2. The summed E-state index contributed by atoms with van der Waals surface area (Å²) < 4.78 is 16.8. The number of esters is 1. The summed E-state index contributed by atoms with van der Waals surface area (Å²) in [5, 5.41) is 2.63. The van der Waals surface area contributed by atoms with Gasteiger partial charge in [0, 0.05) is 36.0 Å². The summed E-state index contributed by atoms with van der Waals surface area (Å²) in [5.41, 5.74) is 3.22. The number of nitrogens with zero attached hydrogens (tertiary/aromatic N) is 3. The number of methoxy groups -OCH3 is 2. The summed E-state index contributed by atoms with van der Waals surface area (Å²) >= 11 is 1.44. The molecule has 8 nitrogen and oxygen atoms in total. The van der Waals surface area contributed by atoms with E-state index in [9.17, 15) is 9.59 Å². The molecule has 2 aromatic carbocycles. The molecule has 1 unspecified atom stereocenters. The summed E-state index contributed by atoms with van der Waals surface area (Å²) in [7, 11) is 3.18. The van der Waals surface area contributed by atoms with E-state index in [-0.39, 0.29) is 18.9 Å². The quantitative estimate of drug-likeness (QED) is 0.385. The third kappa shape index (κ3) is 5.29. The average molecular weight is 536 g/mol. The highest BCUT2D eigenvalue weighted by Gasteiger charge is 2.43. The Balaban J connectivity index is 1.93. The predicted molar refractivity (Wildman–Crippen MR) is 150 cm³/mol. The van der Waals surface area contributed by atoms with Crippen LogP contribution in [0.5, 0.6) is 11.5 Å². The normalized spacial score (nSPS) is 16.4. The standard InChI is InChI=1S/C29H33N3O5S/c1-6-31(7-2)24(33)16-20-18-38-29-30-26(19-12-10-9-11-13-19)25(28(34)37-8-3)27(32(20)29)22-15-14-21(35-4)17-23(22)36-5/h9-15,17-18,27H,6-8,16H2,1-5H3. The van der Waals surface area contributed by atoms with Gasteiger partial charge in [0.05, 0.1) is 44.6 Å². The molecule has 2 aromatic rings. The Morgan fingerprint density at radius 1 is 1.03 bits per heavy atom. The highest BCUT2D eigenvalue weighted by Crippen LogP contribution is 2.49. The third-order valence-electron chi connectivity index (χ3n) is 6.54. The number of benzene rings is 2. The van der Waals surface area contributed by atoms with E-state index in [1.54, 1.807) is 32.1 Å². The Kier molecular flexibility index (Phi) is 8.78. The van der Waals surface area contributed by atoms with E-state index in [4.69, 9.17) is 19.2 Å². The lowest BCUT2D eigenvalue weighted by Gasteiger charge is -2.37. The van der Waals surface area contributed by atoms with Crippen molar-refractivity contribution in [3.63, 3.8) is 0 Å². The van der Waals surface area contributed by atoms with Gasteiger partial charge in [-0.15, -0.1) is 0 Å². The van der Waals surface area contributed by atoms with Gasteiger partial charge in [0.2, 0.25) is 5.91 Å². The first-order chi connectivity index (χ1) is 18.5. The molecular weight excluding hydrogens is 502 g/mol. The van der Waals surface area contributed by atoms with E-state index in [0.29, 0.717) is 41.0 Å². The van der Waals surface area contributed by atoms with Crippen molar-refractivity contribution in [2.45, 2.75) is 33.2 Å². The van der Waals surface area contributed by atoms with E-state index in [1.165, 1.54) is 11.8 Å². The smallest absolute Gasteiger partial charge is 0.338 e. The number of aliphatic imine (C=N–C) groups is 1. The first-order valence-corrected chi connectivity index (χ1v) is 13.5. The molecule has 4 rings (SSSR count). The number of amidine groups is 1. The molecule has 0 aromatic heterocycles. The first-order valence-electron chi connectivity index (χ1n) is 12.7. The van der Waals surface area contributed by atoms with Crippen molar-refractivity contribution in [1.29, 1.82) is 0 Å². The maximum Gasteiger partial charge on any atom is 0.338 e. The molecule has 0 N–H and O–H groups in total. The van der Waals surface area contributed by atoms with E-state index in [1.807, 2.05) is 66.6 Å². The zero-order chi connectivity index (χ0) is 27.2. The fourth-order valence-corrected chi connectivity index (χ4v) is 5.59. The van der Waals surface area contributed by atoms with Crippen molar-refractivity contribution < 1.29 is 23.8 Å². The molecule has 0 fully saturated rings. The minimum atomic E-state index is -0.636. The second kappa shape index (κ2) is 12.2. The zero-order valence-electron chi connectivity index (χ0n) is 22.4. The second-order valence-corrected chi connectivity index (χ2v) is 9.43. The number of amides is 1. The van der Waals surface area contributed by atoms with E-state index in [0.717, 1.165) is 16.8 Å². The van der Waals surface area contributed by atoms with Crippen molar-refractivity contribution in [2.75, 3.05) is 33.9 Å². The topological polar surface area (TPSA) is 80.7 Å². The van der Waals surface area contributed by atoms with Crippen molar-refractivity contribution in [1.82, 2.24) is 9.80 Å². The van der Waals surface area contributed by atoms with Gasteiger partial charge in [-0.05, 0) is 38.3 Å². The molecule has 0 aliphatic carbocycles. The molecule has 1 atom stereocenters. The highest BCUT2D eigenvalue weighted by molar-refractivity contribution is 8.16. The van der Waals surface area contributed by atoms with Crippen molar-refractivity contribution in [2.24, 2.45) is 4.99 Å². The molecule has 0 saturated heterocycles. The maximum atomic E-state index is 13.7. The molecule has 0 spiro atoms. The Morgan fingerprint density at radius 2 is 1.76 bits per heavy atom. The van der Waals surface area contributed by atoms with E-state index < -0.39 is 12.0 Å². The van der Waals surface area contributed by atoms with Crippen LogP contribution in [0.2, 0.25) is 0 Å². The molecule has 0 bridgehead atoms. The van der Waals surface area contributed by atoms with E-state index in [2.05, 4.69) is 0 Å². The third-order valence-corrected chi connectivity index (χ3v) is 7.43. The molecule has 2 heterocycles. The molecular formula is C29H33N3O5S. The fourth-order valence-electron chi connectivity index (χ4n) is 4.67. The van der Waals surface area contributed by atoms with Crippen LogP contribution in [0.25, 0.3) is 5.70 Å². The highest BCUT2D eigenvalue weighted by atomic mass is 32.2. The number of rotatable bonds is 10. The van der Waals surface area contributed by atoms with Crippen LogP contribution in [0.4, 0.5) is 0 Å². The van der Waals surface area contributed by atoms with Crippen LogP contribution in [0.1, 0.15) is 44.4 Å². The van der Waals surface area contributed by atoms with Gasteiger partial charge < -0.3 is 24.0 Å². The molecule has 0 radical (unpaired) electrons. The number of ether oxygens (including phenoxy) is 3. The van der Waals surface area contributed by atoms with Crippen LogP contribution in [-0.2, 0) is 14.3 Å². The summed E-state index contributed by atoms with van der Waals surface area (Å²) in [4.78, 5) is 35.5.